The van der Waals surface area contributed by atoms with Crippen LogP contribution >= 0.6 is 0 Å². The third-order valence-electron chi connectivity index (χ3n) is 2.00. The molecule has 0 fully saturated rings. The third-order valence-corrected chi connectivity index (χ3v) is 2.00. The third kappa shape index (κ3) is 2.83. The Morgan fingerprint density at radius 1 is 1.40 bits per heavy atom. The highest BCUT2D eigenvalue weighted by Crippen LogP contribution is 2.01. The van der Waals surface area contributed by atoms with Crippen LogP contribution in [0.3, 0.4) is 0 Å². The van der Waals surface area contributed by atoms with E-state index in [0.29, 0.717) is 6.54 Å². The van der Waals surface area contributed by atoms with Gasteiger partial charge in [0.15, 0.2) is 11.6 Å². The molecule has 0 atom stereocenters. The van der Waals surface area contributed by atoms with E-state index in [4.69, 9.17) is 0 Å². The molecule has 1 rings (SSSR count). The normalized spacial score (nSPS) is 10.0. The van der Waals surface area contributed by atoms with E-state index in [-0.39, 0.29) is 5.69 Å². The zero-order valence-electron chi connectivity index (χ0n) is 8.69. The van der Waals surface area contributed by atoms with Crippen molar-refractivity contribution in [2.24, 2.45) is 0 Å². The highest BCUT2D eigenvalue weighted by molar-refractivity contribution is 6.40. The molecule has 1 heterocycles. The zero-order chi connectivity index (χ0) is 11.4. The van der Waals surface area contributed by atoms with E-state index >= 15 is 0 Å². The highest BCUT2D eigenvalue weighted by atomic mass is 16.2. The van der Waals surface area contributed by atoms with E-state index in [9.17, 15) is 14.4 Å². The van der Waals surface area contributed by atoms with Gasteiger partial charge in [-0.3, -0.25) is 14.4 Å². The second kappa shape index (κ2) is 4.63. The quantitative estimate of drug-likeness (QED) is 0.404. The maximum absolute atomic E-state index is 11.4. The van der Waals surface area contributed by atoms with Gasteiger partial charge in [-0.25, -0.2) is 4.98 Å². The Kier molecular flexibility index (Phi) is 3.49. The number of carbonyl (C=O) groups is 3. The second-order valence-corrected chi connectivity index (χ2v) is 3.17. The molecule has 0 unspecified atom stereocenters. The predicted molar refractivity (Wildman–Crippen MR) is 52.5 cm³/mol. The smallest absolute Gasteiger partial charge is 0.205 e. The van der Waals surface area contributed by atoms with Gasteiger partial charge in [0.05, 0.1) is 12.7 Å². The topological polar surface area (TPSA) is 69.0 Å². The lowest BCUT2D eigenvalue weighted by molar-refractivity contribution is -0.134. The maximum atomic E-state index is 11.4. The Morgan fingerprint density at radius 3 is 2.53 bits per heavy atom. The van der Waals surface area contributed by atoms with Crippen LogP contribution in [0.5, 0.6) is 0 Å². The maximum Gasteiger partial charge on any atom is 0.205 e. The monoisotopic (exact) mass is 208 g/mol. The number of hydrogen-bond acceptors (Lipinski definition) is 4. The molecule has 0 N–H and O–H groups in total. The molecule has 0 bridgehead atoms. The Balaban J connectivity index is 2.69. The molecule has 1 aromatic heterocycles. The van der Waals surface area contributed by atoms with Crippen LogP contribution < -0.4 is 0 Å². The van der Waals surface area contributed by atoms with Crippen LogP contribution in [0.1, 0.15) is 30.8 Å². The molecule has 0 aliphatic rings. The standard InChI is InChI=1S/C10H12N2O3/c1-3-12-5-8(11-6-12)10(15)4-9(14)7(2)13/h5-6H,3-4H2,1-2H3. The first-order chi connectivity index (χ1) is 7.04. The van der Waals surface area contributed by atoms with Gasteiger partial charge in [-0.05, 0) is 6.92 Å². The number of carbonyl (C=O) groups excluding carboxylic acids is 3. The van der Waals surface area contributed by atoms with Crippen LogP contribution in [-0.4, -0.2) is 26.9 Å². The fourth-order valence-electron chi connectivity index (χ4n) is 1.04. The molecular formula is C10H12N2O3. The Morgan fingerprint density at radius 2 is 2.07 bits per heavy atom. The minimum atomic E-state index is -0.675. The van der Waals surface area contributed by atoms with E-state index < -0.39 is 23.8 Å². The molecule has 80 valence electrons. The van der Waals surface area contributed by atoms with Gasteiger partial charge in [0.1, 0.15) is 5.69 Å². The van der Waals surface area contributed by atoms with Crippen molar-refractivity contribution >= 4 is 17.3 Å². The fraction of sp³-hybridized carbons (Fsp3) is 0.400. The van der Waals surface area contributed by atoms with Gasteiger partial charge >= 0.3 is 0 Å². The molecule has 5 heteroatoms. The van der Waals surface area contributed by atoms with Gasteiger partial charge < -0.3 is 4.57 Å². The summed E-state index contributed by atoms with van der Waals surface area (Å²) in [5.74, 6) is -1.69. The van der Waals surface area contributed by atoms with Crippen molar-refractivity contribution in [3.63, 3.8) is 0 Å². The summed E-state index contributed by atoms with van der Waals surface area (Å²) in [7, 11) is 0. The predicted octanol–water partition coefficient (Wildman–Crippen LogP) is 0.634. The van der Waals surface area contributed by atoms with E-state index in [1.165, 1.54) is 6.33 Å². The van der Waals surface area contributed by atoms with Crippen molar-refractivity contribution in [1.29, 1.82) is 0 Å². The summed E-state index contributed by atoms with van der Waals surface area (Å²) in [5, 5.41) is 0. The largest absolute Gasteiger partial charge is 0.337 e. The number of rotatable bonds is 5. The number of Topliss-reactive ketones (excluding diaryl/α,β-unsaturated/α-hetero) is 3. The van der Waals surface area contributed by atoms with Crippen LogP contribution in [0, 0.1) is 0 Å². The second-order valence-electron chi connectivity index (χ2n) is 3.17. The number of aromatic nitrogens is 2. The number of aryl methyl sites for hydroxylation is 1. The minimum Gasteiger partial charge on any atom is -0.337 e. The fourth-order valence-corrected chi connectivity index (χ4v) is 1.04. The van der Waals surface area contributed by atoms with Gasteiger partial charge in [-0.15, -0.1) is 0 Å². The zero-order valence-corrected chi connectivity index (χ0v) is 8.69. The first kappa shape index (κ1) is 11.3. The lowest BCUT2D eigenvalue weighted by Gasteiger charge is -1.94. The van der Waals surface area contributed by atoms with Crippen LogP contribution in [-0.2, 0) is 16.1 Å². The summed E-state index contributed by atoms with van der Waals surface area (Å²) in [5.41, 5.74) is 0.228. The van der Waals surface area contributed by atoms with Crippen molar-refractivity contribution in [3.05, 3.63) is 18.2 Å². The molecule has 5 nitrogen and oxygen atoms in total. The molecule has 0 aliphatic heterocycles. The van der Waals surface area contributed by atoms with E-state index in [1.54, 1.807) is 10.8 Å². The minimum absolute atomic E-state index is 0.228. The van der Waals surface area contributed by atoms with Gasteiger partial charge in [0, 0.05) is 19.7 Å². The van der Waals surface area contributed by atoms with E-state index in [0.717, 1.165) is 6.92 Å². The lowest BCUT2D eigenvalue weighted by atomic mass is 10.1. The molecule has 0 aliphatic carbocycles. The van der Waals surface area contributed by atoms with Gasteiger partial charge in [-0.2, -0.15) is 0 Å². The summed E-state index contributed by atoms with van der Waals surface area (Å²) < 4.78 is 1.73. The summed E-state index contributed by atoms with van der Waals surface area (Å²) in [4.78, 5) is 36.9. The number of ketones is 3. The van der Waals surface area contributed by atoms with Gasteiger partial charge in [0.2, 0.25) is 5.78 Å². The first-order valence-corrected chi connectivity index (χ1v) is 4.63. The van der Waals surface area contributed by atoms with Crippen LogP contribution in [0.4, 0.5) is 0 Å². The average Bonchev–Trinajstić information content (AvgIpc) is 2.65. The van der Waals surface area contributed by atoms with Crippen molar-refractivity contribution in [1.82, 2.24) is 9.55 Å². The average molecular weight is 208 g/mol. The van der Waals surface area contributed by atoms with Crippen LogP contribution in [0.15, 0.2) is 12.5 Å². The van der Waals surface area contributed by atoms with E-state index in [1.807, 2.05) is 6.92 Å². The summed E-state index contributed by atoms with van der Waals surface area (Å²) in [6.07, 6.45) is 2.69. The Bertz CT molecular complexity index is 407. The number of imidazole rings is 1. The van der Waals surface area contributed by atoms with Crippen molar-refractivity contribution in [2.45, 2.75) is 26.8 Å². The SMILES string of the molecule is CCn1cnc(C(=O)CC(=O)C(C)=O)c1. The molecule has 0 saturated heterocycles. The molecule has 0 aromatic carbocycles. The summed E-state index contributed by atoms with van der Waals surface area (Å²) >= 11 is 0. The van der Waals surface area contributed by atoms with E-state index in [2.05, 4.69) is 4.98 Å². The molecular weight excluding hydrogens is 196 g/mol. The highest BCUT2D eigenvalue weighted by Gasteiger charge is 2.16. The van der Waals surface area contributed by atoms with Crippen LogP contribution in [0.2, 0.25) is 0 Å². The molecule has 15 heavy (non-hydrogen) atoms. The molecule has 0 spiro atoms. The summed E-state index contributed by atoms with van der Waals surface area (Å²) in [6.45, 7) is 3.78. The van der Waals surface area contributed by atoms with Crippen LogP contribution in [0.25, 0.3) is 0 Å². The number of hydrogen-bond donors (Lipinski definition) is 0. The van der Waals surface area contributed by atoms with Crippen molar-refractivity contribution in [2.75, 3.05) is 0 Å². The van der Waals surface area contributed by atoms with Crippen molar-refractivity contribution in [3.8, 4) is 0 Å². The number of nitrogens with zero attached hydrogens (tertiary/aromatic N) is 2. The molecule has 1 aromatic rings. The van der Waals surface area contributed by atoms with Gasteiger partial charge in [0.25, 0.3) is 0 Å². The van der Waals surface area contributed by atoms with Gasteiger partial charge in [-0.1, -0.05) is 0 Å². The molecule has 0 radical (unpaired) electrons. The Hall–Kier alpha value is -1.78. The lowest BCUT2D eigenvalue weighted by Crippen LogP contribution is -2.15. The summed E-state index contributed by atoms with van der Waals surface area (Å²) in [6, 6.07) is 0. The van der Waals surface area contributed by atoms with Crippen molar-refractivity contribution < 1.29 is 14.4 Å². The molecule has 0 saturated carbocycles. The first-order valence-electron chi connectivity index (χ1n) is 4.63. The Labute approximate surface area is 87.1 Å². The molecule has 0 amide bonds.